The van der Waals surface area contributed by atoms with Crippen LogP contribution in [0.25, 0.3) is 11.1 Å². The van der Waals surface area contributed by atoms with Crippen LogP contribution in [0, 0.1) is 5.92 Å². The first-order valence-corrected chi connectivity index (χ1v) is 10.8. The van der Waals surface area contributed by atoms with Gasteiger partial charge >= 0.3 is 6.09 Å². The minimum atomic E-state index is -0.839. The Hall–Kier alpha value is -3.06. The molecule has 2 fully saturated rings. The summed E-state index contributed by atoms with van der Waals surface area (Å²) in [6.45, 7) is 4.23. The summed E-state index contributed by atoms with van der Waals surface area (Å²) in [5.41, 5.74) is 2.80. The van der Waals surface area contributed by atoms with Crippen molar-refractivity contribution in [3.63, 3.8) is 0 Å². The summed E-state index contributed by atoms with van der Waals surface area (Å²) in [5.74, 6) is 1.24. The second-order valence-corrected chi connectivity index (χ2v) is 8.03. The molecule has 0 atom stereocenters. The number of carbonyl (C=O) groups is 2. The van der Waals surface area contributed by atoms with Crippen LogP contribution in [0.4, 0.5) is 4.79 Å². The van der Waals surface area contributed by atoms with Crippen LogP contribution in [0.5, 0.6) is 5.75 Å². The molecule has 31 heavy (non-hydrogen) atoms. The van der Waals surface area contributed by atoms with Crippen molar-refractivity contribution in [1.82, 2.24) is 9.80 Å². The lowest BCUT2D eigenvalue weighted by molar-refractivity contribution is 0.0303. The molecular formula is C24H28N2O5. The third-order valence-corrected chi connectivity index (χ3v) is 5.99. The second kappa shape index (κ2) is 9.83. The van der Waals surface area contributed by atoms with Crippen molar-refractivity contribution in [2.75, 3.05) is 46.0 Å². The molecule has 2 aromatic rings. The number of hydrogen-bond acceptors (Lipinski definition) is 4. The number of piperidine rings is 1. The molecule has 0 aliphatic carbocycles. The molecule has 2 aliphatic rings. The average Bonchev–Trinajstić information content (AvgIpc) is 2.83. The zero-order valence-corrected chi connectivity index (χ0v) is 17.5. The van der Waals surface area contributed by atoms with Gasteiger partial charge in [-0.3, -0.25) is 4.79 Å². The topological polar surface area (TPSA) is 79.3 Å². The lowest BCUT2D eigenvalue weighted by Gasteiger charge is -2.29. The number of amides is 2. The van der Waals surface area contributed by atoms with Gasteiger partial charge in [-0.05, 0) is 54.2 Å². The van der Waals surface area contributed by atoms with Gasteiger partial charge in [0.2, 0.25) is 0 Å². The molecule has 0 saturated carbocycles. The number of likely N-dealkylation sites (tertiary alicyclic amines) is 1. The summed E-state index contributed by atoms with van der Waals surface area (Å²) < 4.78 is 11.2. The molecule has 0 unspecified atom stereocenters. The Kier molecular flexibility index (Phi) is 6.72. The first-order chi connectivity index (χ1) is 15.1. The normalized spacial score (nSPS) is 17.4. The van der Waals surface area contributed by atoms with E-state index in [1.807, 2.05) is 53.4 Å². The molecule has 0 spiro atoms. The first-order valence-electron chi connectivity index (χ1n) is 10.8. The molecule has 7 heteroatoms. The van der Waals surface area contributed by atoms with Gasteiger partial charge in [0.25, 0.3) is 5.91 Å². The van der Waals surface area contributed by atoms with Crippen LogP contribution >= 0.6 is 0 Å². The number of benzene rings is 2. The van der Waals surface area contributed by atoms with Crippen LogP contribution in [-0.4, -0.2) is 72.9 Å². The maximum absolute atomic E-state index is 12.6. The second-order valence-electron chi connectivity index (χ2n) is 8.03. The Morgan fingerprint density at radius 1 is 0.871 bits per heavy atom. The lowest BCUT2D eigenvalue weighted by atomic mass is 9.98. The van der Waals surface area contributed by atoms with Gasteiger partial charge in [0.15, 0.2) is 0 Å². The highest BCUT2D eigenvalue weighted by molar-refractivity contribution is 5.94. The Labute approximate surface area is 182 Å². The molecular weight excluding hydrogens is 396 g/mol. The summed E-state index contributed by atoms with van der Waals surface area (Å²) >= 11 is 0. The van der Waals surface area contributed by atoms with Crippen molar-refractivity contribution in [3.05, 3.63) is 54.1 Å². The van der Waals surface area contributed by atoms with Gasteiger partial charge in [0.1, 0.15) is 5.75 Å². The minimum Gasteiger partial charge on any atom is -0.493 e. The van der Waals surface area contributed by atoms with Crippen molar-refractivity contribution >= 4 is 12.0 Å². The molecule has 2 aromatic carbocycles. The smallest absolute Gasteiger partial charge is 0.407 e. The number of carbonyl (C=O) groups excluding carboxylic acids is 1. The van der Waals surface area contributed by atoms with Gasteiger partial charge < -0.3 is 24.4 Å². The minimum absolute atomic E-state index is 0.0489. The van der Waals surface area contributed by atoms with E-state index in [4.69, 9.17) is 14.6 Å². The number of hydrogen-bond donors (Lipinski definition) is 1. The predicted molar refractivity (Wildman–Crippen MR) is 116 cm³/mol. The number of rotatable bonds is 5. The van der Waals surface area contributed by atoms with Crippen molar-refractivity contribution in [1.29, 1.82) is 0 Å². The monoisotopic (exact) mass is 424 g/mol. The van der Waals surface area contributed by atoms with Crippen molar-refractivity contribution in [2.24, 2.45) is 5.92 Å². The van der Waals surface area contributed by atoms with E-state index < -0.39 is 6.09 Å². The van der Waals surface area contributed by atoms with Crippen LogP contribution in [0.15, 0.2) is 48.5 Å². The van der Waals surface area contributed by atoms with Crippen LogP contribution < -0.4 is 4.74 Å². The predicted octanol–water partition coefficient (Wildman–Crippen LogP) is 3.59. The van der Waals surface area contributed by atoms with E-state index in [9.17, 15) is 9.59 Å². The highest BCUT2D eigenvalue weighted by atomic mass is 16.5. The number of carboxylic acid groups (broad SMARTS) is 1. The lowest BCUT2D eigenvalue weighted by Crippen LogP contribution is -2.40. The molecule has 0 bridgehead atoms. The third-order valence-electron chi connectivity index (χ3n) is 5.99. The highest BCUT2D eigenvalue weighted by Gasteiger charge is 2.22. The molecule has 2 amide bonds. The fourth-order valence-corrected chi connectivity index (χ4v) is 4.00. The van der Waals surface area contributed by atoms with Crippen LogP contribution in [-0.2, 0) is 4.74 Å². The Morgan fingerprint density at radius 2 is 1.45 bits per heavy atom. The van der Waals surface area contributed by atoms with Gasteiger partial charge in [-0.15, -0.1) is 0 Å². The van der Waals surface area contributed by atoms with Gasteiger partial charge in [-0.1, -0.05) is 24.3 Å². The largest absolute Gasteiger partial charge is 0.493 e. The molecule has 1 N–H and O–H groups in total. The van der Waals surface area contributed by atoms with Crippen LogP contribution in [0.1, 0.15) is 23.2 Å². The quantitative estimate of drug-likeness (QED) is 0.794. The standard InChI is InChI=1S/C24H28N2O5/c27-23(25-13-15-30-16-14-25)21-3-1-19(2-4-21)20-5-7-22(8-6-20)31-17-18-9-11-26(12-10-18)24(28)29/h1-8,18H,9-17H2,(H,28,29). The number of nitrogens with zero attached hydrogens (tertiary/aromatic N) is 2. The third kappa shape index (κ3) is 5.35. The van der Waals surface area contributed by atoms with Gasteiger partial charge in [-0.2, -0.15) is 0 Å². The molecule has 2 heterocycles. The van der Waals surface area contributed by atoms with E-state index >= 15 is 0 Å². The van der Waals surface area contributed by atoms with E-state index in [1.54, 1.807) is 0 Å². The van der Waals surface area contributed by atoms with E-state index in [1.165, 1.54) is 4.90 Å². The average molecular weight is 424 g/mol. The summed E-state index contributed by atoms with van der Waals surface area (Å²) in [6.07, 6.45) is 0.827. The van der Waals surface area contributed by atoms with Crippen molar-refractivity contribution in [3.8, 4) is 16.9 Å². The number of morpholine rings is 1. The van der Waals surface area contributed by atoms with E-state index in [2.05, 4.69) is 0 Å². The van der Waals surface area contributed by atoms with E-state index in [0.29, 0.717) is 57.5 Å². The maximum Gasteiger partial charge on any atom is 0.407 e. The molecule has 164 valence electrons. The van der Waals surface area contributed by atoms with Crippen LogP contribution in [0.2, 0.25) is 0 Å². The fraction of sp³-hybridized carbons (Fsp3) is 0.417. The first kappa shape index (κ1) is 21.2. The summed E-state index contributed by atoms with van der Waals surface area (Å²) in [7, 11) is 0. The fourth-order valence-electron chi connectivity index (χ4n) is 4.00. The molecule has 2 aliphatic heterocycles. The highest BCUT2D eigenvalue weighted by Crippen LogP contribution is 2.25. The Bertz CT molecular complexity index is 883. The van der Waals surface area contributed by atoms with Crippen LogP contribution in [0.3, 0.4) is 0 Å². The van der Waals surface area contributed by atoms with Gasteiger partial charge in [0, 0.05) is 31.7 Å². The van der Waals surface area contributed by atoms with Gasteiger partial charge in [-0.25, -0.2) is 4.79 Å². The Morgan fingerprint density at radius 3 is 2.03 bits per heavy atom. The maximum atomic E-state index is 12.6. The summed E-state index contributed by atoms with van der Waals surface area (Å²) in [5, 5.41) is 9.03. The molecule has 7 nitrogen and oxygen atoms in total. The van der Waals surface area contributed by atoms with Gasteiger partial charge in [0.05, 0.1) is 19.8 Å². The van der Waals surface area contributed by atoms with E-state index in [-0.39, 0.29) is 5.91 Å². The zero-order chi connectivity index (χ0) is 21.6. The molecule has 2 saturated heterocycles. The Balaban J connectivity index is 1.30. The molecule has 0 radical (unpaired) electrons. The molecule has 0 aromatic heterocycles. The SMILES string of the molecule is O=C(O)N1CCC(COc2ccc(-c3ccc(C(=O)N4CCOCC4)cc3)cc2)CC1. The number of ether oxygens (including phenoxy) is 2. The summed E-state index contributed by atoms with van der Waals surface area (Å²) in [4.78, 5) is 26.8. The molecule has 4 rings (SSSR count). The van der Waals surface area contributed by atoms with Crippen molar-refractivity contribution < 1.29 is 24.2 Å². The zero-order valence-electron chi connectivity index (χ0n) is 17.5. The van der Waals surface area contributed by atoms with Crippen molar-refractivity contribution in [2.45, 2.75) is 12.8 Å². The van der Waals surface area contributed by atoms with E-state index in [0.717, 1.165) is 29.7 Å². The summed E-state index contributed by atoms with van der Waals surface area (Å²) in [6, 6.07) is 15.6.